The van der Waals surface area contributed by atoms with Gasteiger partial charge in [0.05, 0.1) is 6.42 Å². The standard InChI is InChI=1S/C12H18N2O2/c15-12(16)7-11-6-10(8-13-11)9-14-4-2-1-3-5-14/h6,8,13H,1-5,7,9H2,(H,15,16). The third kappa shape index (κ3) is 3.10. The summed E-state index contributed by atoms with van der Waals surface area (Å²) in [6, 6.07) is 1.96. The Morgan fingerprint density at radius 1 is 1.38 bits per heavy atom. The van der Waals surface area contributed by atoms with Gasteiger partial charge in [0.25, 0.3) is 0 Å². The molecule has 0 atom stereocenters. The summed E-state index contributed by atoms with van der Waals surface area (Å²) in [5.41, 5.74) is 1.98. The first-order valence-electron chi connectivity index (χ1n) is 5.84. The van der Waals surface area contributed by atoms with Gasteiger partial charge < -0.3 is 10.1 Å². The number of aliphatic carboxylic acids is 1. The number of aromatic amines is 1. The molecule has 1 aliphatic rings. The zero-order chi connectivity index (χ0) is 11.4. The number of likely N-dealkylation sites (tertiary alicyclic amines) is 1. The SMILES string of the molecule is O=C(O)Cc1cc(CN2CCCCC2)c[nH]1. The van der Waals surface area contributed by atoms with Crippen LogP contribution in [0.3, 0.4) is 0 Å². The first-order chi connectivity index (χ1) is 7.74. The van der Waals surface area contributed by atoms with Crippen molar-refractivity contribution in [2.45, 2.75) is 32.2 Å². The van der Waals surface area contributed by atoms with Crippen LogP contribution >= 0.6 is 0 Å². The number of piperidine rings is 1. The van der Waals surface area contributed by atoms with Gasteiger partial charge in [-0.2, -0.15) is 0 Å². The molecule has 1 aromatic heterocycles. The van der Waals surface area contributed by atoms with E-state index < -0.39 is 5.97 Å². The Morgan fingerprint density at radius 3 is 2.81 bits per heavy atom. The summed E-state index contributed by atoms with van der Waals surface area (Å²) < 4.78 is 0. The molecule has 4 nitrogen and oxygen atoms in total. The molecule has 1 aliphatic heterocycles. The van der Waals surface area contributed by atoms with Crippen molar-refractivity contribution in [3.05, 3.63) is 23.5 Å². The van der Waals surface area contributed by atoms with Gasteiger partial charge in [0, 0.05) is 18.4 Å². The van der Waals surface area contributed by atoms with Crippen molar-refractivity contribution in [2.24, 2.45) is 0 Å². The first kappa shape index (κ1) is 11.2. The van der Waals surface area contributed by atoms with Crippen molar-refractivity contribution in [1.82, 2.24) is 9.88 Å². The van der Waals surface area contributed by atoms with Crippen LogP contribution in [0, 0.1) is 0 Å². The lowest BCUT2D eigenvalue weighted by molar-refractivity contribution is -0.136. The van der Waals surface area contributed by atoms with E-state index in [0.29, 0.717) is 0 Å². The number of nitrogens with one attached hydrogen (secondary N) is 1. The fourth-order valence-electron chi connectivity index (χ4n) is 2.22. The maximum absolute atomic E-state index is 10.5. The predicted molar refractivity (Wildman–Crippen MR) is 61.3 cm³/mol. The Balaban J connectivity index is 1.88. The second kappa shape index (κ2) is 5.16. The molecule has 4 heteroatoms. The highest BCUT2D eigenvalue weighted by atomic mass is 16.4. The molecular formula is C12H18N2O2. The van der Waals surface area contributed by atoms with E-state index in [4.69, 9.17) is 5.11 Å². The van der Waals surface area contributed by atoms with Gasteiger partial charge in [-0.3, -0.25) is 9.69 Å². The highest BCUT2D eigenvalue weighted by Crippen LogP contribution is 2.13. The maximum atomic E-state index is 10.5. The zero-order valence-electron chi connectivity index (χ0n) is 9.41. The molecule has 0 aromatic carbocycles. The minimum Gasteiger partial charge on any atom is -0.481 e. The van der Waals surface area contributed by atoms with E-state index in [1.54, 1.807) is 0 Å². The number of hydrogen-bond acceptors (Lipinski definition) is 2. The quantitative estimate of drug-likeness (QED) is 0.814. The maximum Gasteiger partial charge on any atom is 0.309 e. The number of carbonyl (C=O) groups is 1. The van der Waals surface area contributed by atoms with Gasteiger partial charge in [0.15, 0.2) is 0 Å². The molecule has 0 spiro atoms. The largest absolute Gasteiger partial charge is 0.481 e. The number of carboxylic acids is 1. The van der Waals surface area contributed by atoms with Crippen molar-refractivity contribution in [1.29, 1.82) is 0 Å². The number of nitrogens with zero attached hydrogens (tertiary/aromatic N) is 1. The van der Waals surface area contributed by atoms with E-state index in [2.05, 4.69) is 9.88 Å². The average molecular weight is 222 g/mol. The topological polar surface area (TPSA) is 56.3 Å². The van der Waals surface area contributed by atoms with Crippen molar-refractivity contribution < 1.29 is 9.90 Å². The third-order valence-corrected chi connectivity index (χ3v) is 3.00. The van der Waals surface area contributed by atoms with E-state index in [1.165, 1.54) is 37.9 Å². The Labute approximate surface area is 95.3 Å². The Hall–Kier alpha value is -1.29. The van der Waals surface area contributed by atoms with Gasteiger partial charge in [-0.25, -0.2) is 0 Å². The highest BCUT2D eigenvalue weighted by Gasteiger charge is 2.11. The van der Waals surface area contributed by atoms with E-state index in [-0.39, 0.29) is 6.42 Å². The summed E-state index contributed by atoms with van der Waals surface area (Å²) in [6.45, 7) is 3.27. The molecule has 0 radical (unpaired) electrons. The third-order valence-electron chi connectivity index (χ3n) is 3.00. The molecule has 0 amide bonds. The van der Waals surface area contributed by atoms with E-state index in [9.17, 15) is 4.79 Å². The smallest absolute Gasteiger partial charge is 0.309 e. The number of H-pyrrole nitrogens is 1. The molecule has 2 heterocycles. The fraction of sp³-hybridized carbons (Fsp3) is 0.583. The fourth-order valence-corrected chi connectivity index (χ4v) is 2.22. The lowest BCUT2D eigenvalue weighted by Gasteiger charge is -2.25. The van der Waals surface area contributed by atoms with Gasteiger partial charge in [0.1, 0.15) is 0 Å². The summed E-state index contributed by atoms with van der Waals surface area (Å²) in [6.07, 6.45) is 5.92. The molecule has 16 heavy (non-hydrogen) atoms. The highest BCUT2D eigenvalue weighted by molar-refractivity contribution is 5.69. The lowest BCUT2D eigenvalue weighted by Crippen LogP contribution is -2.28. The van der Waals surface area contributed by atoms with Gasteiger partial charge in [0.2, 0.25) is 0 Å². The molecule has 2 rings (SSSR count). The summed E-state index contributed by atoms with van der Waals surface area (Å²) in [5.74, 6) is -0.786. The minimum atomic E-state index is -0.786. The zero-order valence-corrected chi connectivity index (χ0v) is 9.41. The van der Waals surface area contributed by atoms with Crippen LogP contribution in [0.2, 0.25) is 0 Å². The Bertz CT molecular complexity index is 354. The van der Waals surface area contributed by atoms with Gasteiger partial charge in [-0.1, -0.05) is 6.42 Å². The normalized spacial score (nSPS) is 17.5. The number of carboxylic acid groups (broad SMARTS) is 1. The summed E-state index contributed by atoms with van der Waals surface area (Å²) in [5, 5.41) is 8.67. The van der Waals surface area contributed by atoms with Crippen molar-refractivity contribution in [3.63, 3.8) is 0 Å². The lowest BCUT2D eigenvalue weighted by atomic mass is 10.1. The van der Waals surface area contributed by atoms with Crippen LogP contribution in [0.5, 0.6) is 0 Å². The second-order valence-electron chi connectivity index (χ2n) is 4.44. The van der Waals surface area contributed by atoms with Crippen LogP contribution in [0.4, 0.5) is 0 Å². The van der Waals surface area contributed by atoms with Crippen molar-refractivity contribution in [2.75, 3.05) is 13.1 Å². The van der Waals surface area contributed by atoms with Crippen LogP contribution < -0.4 is 0 Å². The van der Waals surface area contributed by atoms with Gasteiger partial charge in [-0.05, 0) is 37.6 Å². The minimum absolute atomic E-state index is 0.0833. The number of aromatic nitrogens is 1. The first-order valence-corrected chi connectivity index (χ1v) is 5.84. The van der Waals surface area contributed by atoms with E-state index in [1.807, 2.05) is 12.3 Å². The number of rotatable bonds is 4. The summed E-state index contributed by atoms with van der Waals surface area (Å²) in [7, 11) is 0. The average Bonchev–Trinajstić information content (AvgIpc) is 2.66. The summed E-state index contributed by atoms with van der Waals surface area (Å²) >= 11 is 0. The van der Waals surface area contributed by atoms with Crippen molar-refractivity contribution >= 4 is 5.97 Å². The Kier molecular flexibility index (Phi) is 3.62. The van der Waals surface area contributed by atoms with E-state index >= 15 is 0 Å². The summed E-state index contributed by atoms with van der Waals surface area (Å²) in [4.78, 5) is 16.0. The molecular weight excluding hydrogens is 204 g/mol. The molecule has 2 N–H and O–H groups in total. The van der Waals surface area contributed by atoms with Crippen LogP contribution in [0.15, 0.2) is 12.3 Å². The molecule has 0 unspecified atom stereocenters. The molecule has 1 fully saturated rings. The number of hydrogen-bond donors (Lipinski definition) is 2. The van der Waals surface area contributed by atoms with Crippen LogP contribution in [0.25, 0.3) is 0 Å². The van der Waals surface area contributed by atoms with Crippen LogP contribution in [-0.4, -0.2) is 34.0 Å². The molecule has 88 valence electrons. The molecule has 1 saturated heterocycles. The molecule has 0 bridgehead atoms. The van der Waals surface area contributed by atoms with Crippen LogP contribution in [-0.2, 0) is 17.8 Å². The molecule has 0 saturated carbocycles. The monoisotopic (exact) mass is 222 g/mol. The predicted octanol–water partition coefficient (Wildman–Crippen LogP) is 1.63. The van der Waals surface area contributed by atoms with Gasteiger partial charge >= 0.3 is 5.97 Å². The Morgan fingerprint density at radius 2 is 2.12 bits per heavy atom. The molecule has 0 aliphatic carbocycles. The van der Waals surface area contributed by atoms with Crippen LogP contribution in [0.1, 0.15) is 30.5 Å². The van der Waals surface area contributed by atoms with E-state index in [0.717, 1.165) is 12.2 Å². The second-order valence-corrected chi connectivity index (χ2v) is 4.44. The van der Waals surface area contributed by atoms with Crippen molar-refractivity contribution in [3.8, 4) is 0 Å². The molecule has 1 aromatic rings. The van der Waals surface area contributed by atoms with Gasteiger partial charge in [-0.15, -0.1) is 0 Å².